The predicted octanol–water partition coefficient (Wildman–Crippen LogP) is 3.96. The number of aromatic nitrogens is 1. The summed E-state index contributed by atoms with van der Waals surface area (Å²) in [6.45, 7) is 5.62. The lowest BCUT2D eigenvalue weighted by atomic mass is 10.1. The molecule has 1 aliphatic rings. The quantitative estimate of drug-likeness (QED) is 0.687. The van der Waals surface area contributed by atoms with Gasteiger partial charge in [0.15, 0.2) is 0 Å². The Kier molecular flexibility index (Phi) is 6.85. The van der Waals surface area contributed by atoms with Crippen molar-refractivity contribution in [2.75, 3.05) is 26.7 Å². The molecule has 5 nitrogen and oxygen atoms in total. The van der Waals surface area contributed by atoms with Gasteiger partial charge in [0.1, 0.15) is 0 Å². The van der Waals surface area contributed by atoms with Gasteiger partial charge in [-0.25, -0.2) is 0 Å². The van der Waals surface area contributed by atoms with Crippen LogP contribution < -0.4 is 0 Å². The lowest BCUT2D eigenvalue weighted by Gasteiger charge is -2.21. The summed E-state index contributed by atoms with van der Waals surface area (Å²) in [5, 5.41) is 1.04. The number of nitrogens with zero attached hydrogens (tertiary/aromatic N) is 2. The molecule has 0 radical (unpaired) electrons. The highest BCUT2D eigenvalue weighted by Crippen LogP contribution is 2.19. The number of amides is 2. The zero-order valence-electron chi connectivity index (χ0n) is 16.8. The number of fused-ring (bicyclic) bond motifs is 1. The molecule has 2 heterocycles. The zero-order chi connectivity index (χ0) is 20.6. The Balaban J connectivity index is 0.000000343. The van der Waals surface area contributed by atoms with E-state index in [1.165, 1.54) is 6.08 Å². The Labute approximate surface area is 171 Å². The third kappa shape index (κ3) is 5.35. The Morgan fingerprint density at radius 3 is 2.52 bits per heavy atom. The van der Waals surface area contributed by atoms with Crippen LogP contribution in [0.4, 0.5) is 0 Å². The highest BCUT2D eigenvalue weighted by Gasteiger charge is 2.27. The molecular formula is C24H27N3O2. The number of nitrogens with one attached hydrogen (secondary N) is 1. The molecule has 0 spiro atoms. The molecule has 1 aromatic heterocycles. The van der Waals surface area contributed by atoms with Gasteiger partial charge in [0.25, 0.3) is 5.91 Å². The molecule has 1 unspecified atom stereocenters. The molecule has 29 heavy (non-hydrogen) atoms. The van der Waals surface area contributed by atoms with E-state index in [0.29, 0.717) is 24.6 Å². The van der Waals surface area contributed by atoms with E-state index in [4.69, 9.17) is 0 Å². The Morgan fingerprint density at radius 2 is 1.86 bits per heavy atom. The number of hydrogen-bond acceptors (Lipinski definition) is 2. The van der Waals surface area contributed by atoms with Gasteiger partial charge < -0.3 is 14.8 Å². The van der Waals surface area contributed by atoms with Crippen molar-refractivity contribution in [1.29, 1.82) is 0 Å². The SMILES string of the molecule is C=CC(=O)N1CCC(CN(C)C(=O)c2ccc3[nH]ccc3c2)C1.c1ccccc1. The predicted molar refractivity (Wildman–Crippen MR) is 117 cm³/mol. The van der Waals surface area contributed by atoms with Gasteiger partial charge in [0, 0.05) is 49.3 Å². The Hall–Kier alpha value is -3.34. The standard InChI is InChI=1S/C18H21N3O2.C6H6/c1-3-17(22)21-9-7-13(12-21)11-20(2)18(23)15-4-5-16-14(10-15)6-8-19-16;1-2-4-6-5-3-1/h3-6,8,10,13,19H,1,7,9,11-12H2,2H3;1-6H. The first-order valence-electron chi connectivity index (χ1n) is 9.82. The van der Waals surface area contributed by atoms with Crippen molar-refractivity contribution in [3.05, 3.63) is 85.1 Å². The molecular weight excluding hydrogens is 362 g/mol. The van der Waals surface area contributed by atoms with Gasteiger partial charge in [0.05, 0.1) is 0 Å². The third-order valence-corrected chi connectivity index (χ3v) is 5.12. The summed E-state index contributed by atoms with van der Waals surface area (Å²) < 4.78 is 0. The van der Waals surface area contributed by atoms with E-state index in [-0.39, 0.29) is 11.8 Å². The second kappa shape index (κ2) is 9.73. The fraction of sp³-hybridized carbons (Fsp3) is 0.250. The molecule has 5 heteroatoms. The minimum absolute atomic E-state index is 0.0154. The van der Waals surface area contributed by atoms with Crippen LogP contribution in [-0.4, -0.2) is 53.3 Å². The van der Waals surface area contributed by atoms with Crippen LogP contribution in [-0.2, 0) is 4.79 Å². The fourth-order valence-corrected chi connectivity index (χ4v) is 3.57. The molecule has 2 aromatic carbocycles. The van der Waals surface area contributed by atoms with Crippen molar-refractivity contribution in [3.8, 4) is 0 Å². The number of H-pyrrole nitrogens is 1. The zero-order valence-corrected chi connectivity index (χ0v) is 16.8. The summed E-state index contributed by atoms with van der Waals surface area (Å²) in [7, 11) is 1.82. The molecule has 0 bridgehead atoms. The number of hydrogen-bond donors (Lipinski definition) is 1. The molecule has 3 aromatic rings. The molecule has 0 aliphatic carbocycles. The van der Waals surface area contributed by atoms with Crippen LogP contribution in [0.5, 0.6) is 0 Å². The number of carbonyl (C=O) groups is 2. The van der Waals surface area contributed by atoms with Gasteiger partial charge in [-0.1, -0.05) is 43.0 Å². The summed E-state index contributed by atoms with van der Waals surface area (Å²) in [4.78, 5) is 30.9. The van der Waals surface area contributed by atoms with Crippen molar-refractivity contribution >= 4 is 22.7 Å². The van der Waals surface area contributed by atoms with Crippen molar-refractivity contribution in [1.82, 2.24) is 14.8 Å². The van der Waals surface area contributed by atoms with Crippen LogP contribution in [0.15, 0.2) is 79.5 Å². The average molecular weight is 389 g/mol. The van der Waals surface area contributed by atoms with Gasteiger partial charge in [0.2, 0.25) is 5.91 Å². The van der Waals surface area contributed by atoms with E-state index < -0.39 is 0 Å². The Morgan fingerprint density at radius 1 is 1.17 bits per heavy atom. The maximum atomic E-state index is 12.6. The van der Waals surface area contributed by atoms with E-state index >= 15 is 0 Å². The molecule has 4 rings (SSSR count). The summed E-state index contributed by atoms with van der Waals surface area (Å²) in [5.41, 5.74) is 1.72. The number of aromatic amines is 1. The van der Waals surface area contributed by atoms with Crippen molar-refractivity contribution in [3.63, 3.8) is 0 Å². The first-order chi connectivity index (χ1) is 14.1. The fourth-order valence-electron chi connectivity index (χ4n) is 3.57. The van der Waals surface area contributed by atoms with E-state index in [0.717, 1.165) is 23.9 Å². The first kappa shape index (κ1) is 20.4. The smallest absolute Gasteiger partial charge is 0.253 e. The Bertz CT molecular complexity index is 938. The lowest BCUT2D eigenvalue weighted by Crippen LogP contribution is -2.34. The van der Waals surface area contributed by atoms with E-state index in [2.05, 4.69) is 11.6 Å². The van der Waals surface area contributed by atoms with E-state index in [9.17, 15) is 9.59 Å². The molecule has 1 saturated heterocycles. The summed E-state index contributed by atoms with van der Waals surface area (Å²) in [6.07, 6.45) is 4.14. The monoisotopic (exact) mass is 389 g/mol. The number of likely N-dealkylation sites (tertiary alicyclic amines) is 1. The highest BCUT2D eigenvalue weighted by molar-refractivity contribution is 5.98. The second-order valence-corrected chi connectivity index (χ2v) is 7.26. The van der Waals surface area contributed by atoms with Gasteiger partial charge >= 0.3 is 0 Å². The maximum Gasteiger partial charge on any atom is 0.253 e. The van der Waals surface area contributed by atoms with Gasteiger partial charge in [-0.3, -0.25) is 9.59 Å². The molecule has 150 valence electrons. The van der Waals surface area contributed by atoms with Crippen molar-refractivity contribution < 1.29 is 9.59 Å². The molecule has 1 aliphatic heterocycles. The molecule has 1 N–H and O–H groups in total. The van der Waals surface area contributed by atoms with Gasteiger partial charge in [-0.2, -0.15) is 0 Å². The second-order valence-electron chi connectivity index (χ2n) is 7.26. The minimum Gasteiger partial charge on any atom is -0.361 e. The maximum absolute atomic E-state index is 12.6. The first-order valence-corrected chi connectivity index (χ1v) is 9.82. The molecule has 0 saturated carbocycles. The lowest BCUT2D eigenvalue weighted by molar-refractivity contribution is -0.125. The molecule has 1 atom stereocenters. The number of carbonyl (C=O) groups excluding carboxylic acids is 2. The summed E-state index contributed by atoms with van der Waals surface area (Å²) in [6, 6.07) is 19.6. The van der Waals surface area contributed by atoms with Crippen molar-refractivity contribution in [2.24, 2.45) is 5.92 Å². The highest BCUT2D eigenvalue weighted by atomic mass is 16.2. The van der Waals surface area contributed by atoms with Gasteiger partial charge in [-0.05, 0) is 42.7 Å². The summed E-state index contributed by atoms with van der Waals surface area (Å²) in [5.74, 6) is 0.310. The third-order valence-electron chi connectivity index (χ3n) is 5.12. The van der Waals surface area contributed by atoms with Crippen molar-refractivity contribution in [2.45, 2.75) is 6.42 Å². The molecule has 2 amide bonds. The topological polar surface area (TPSA) is 56.4 Å². The van der Waals surface area contributed by atoms with E-state index in [1.54, 1.807) is 9.80 Å². The van der Waals surface area contributed by atoms with Gasteiger partial charge in [-0.15, -0.1) is 0 Å². The normalized spacial score (nSPS) is 15.5. The van der Waals surface area contributed by atoms with Crippen LogP contribution >= 0.6 is 0 Å². The summed E-state index contributed by atoms with van der Waals surface area (Å²) >= 11 is 0. The average Bonchev–Trinajstić information content (AvgIpc) is 3.43. The number of rotatable bonds is 4. The van der Waals surface area contributed by atoms with E-state index in [1.807, 2.05) is 73.9 Å². The van der Waals surface area contributed by atoms with Crippen LogP contribution in [0.2, 0.25) is 0 Å². The minimum atomic E-state index is -0.0283. The molecule has 1 fully saturated rings. The van der Waals surface area contributed by atoms with Crippen LogP contribution in [0.3, 0.4) is 0 Å². The van der Waals surface area contributed by atoms with Crippen LogP contribution in [0.1, 0.15) is 16.8 Å². The van der Waals surface area contributed by atoms with Crippen LogP contribution in [0, 0.1) is 5.92 Å². The largest absolute Gasteiger partial charge is 0.361 e. The van der Waals surface area contributed by atoms with Crippen LogP contribution in [0.25, 0.3) is 10.9 Å². The number of benzene rings is 2.